The van der Waals surface area contributed by atoms with Crippen molar-refractivity contribution in [3.05, 3.63) is 59.4 Å². The Morgan fingerprint density at radius 3 is 2.81 bits per heavy atom. The molecule has 1 heterocycles. The quantitative estimate of drug-likeness (QED) is 0.839. The second-order valence-corrected chi connectivity index (χ2v) is 6.08. The normalized spacial score (nSPS) is 16.3. The van der Waals surface area contributed by atoms with Gasteiger partial charge in [0, 0.05) is 5.02 Å². The van der Waals surface area contributed by atoms with E-state index in [1.807, 2.05) is 0 Å². The molecule has 136 valence electrons. The predicted octanol–water partition coefficient (Wildman–Crippen LogP) is 3.00. The van der Waals surface area contributed by atoms with Crippen LogP contribution in [0.25, 0.3) is 0 Å². The molecule has 0 aliphatic carbocycles. The molecule has 1 fully saturated rings. The van der Waals surface area contributed by atoms with Gasteiger partial charge in [0.25, 0.3) is 5.91 Å². The molecule has 1 unspecified atom stereocenters. The number of rotatable bonds is 6. The Morgan fingerprint density at radius 2 is 2.08 bits per heavy atom. The SMILES string of the molecule is O=C(COc1ccc(Cl)cc1)NCC1CN(c2cccc(F)c2)C(=O)O1. The number of nitrogens with one attached hydrogen (secondary N) is 1. The predicted molar refractivity (Wildman–Crippen MR) is 94.0 cm³/mol. The van der Waals surface area contributed by atoms with Crippen LogP contribution >= 0.6 is 11.6 Å². The molecule has 1 aliphatic rings. The van der Waals surface area contributed by atoms with E-state index in [1.54, 1.807) is 30.3 Å². The van der Waals surface area contributed by atoms with Gasteiger partial charge in [-0.05, 0) is 42.5 Å². The van der Waals surface area contributed by atoms with Gasteiger partial charge >= 0.3 is 6.09 Å². The molecule has 2 amide bonds. The molecule has 2 aromatic carbocycles. The van der Waals surface area contributed by atoms with E-state index in [4.69, 9.17) is 21.1 Å². The van der Waals surface area contributed by atoms with E-state index < -0.39 is 18.0 Å². The van der Waals surface area contributed by atoms with Crippen molar-refractivity contribution >= 4 is 29.3 Å². The fourth-order valence-electron chi connectivity index (χ4n) is 2.44. The molecule has 1 N–H and O–H groups in total. The van der Waals surface area contributed by atoms with Gasteiger partial charge in [-0.1, -0.05) is 17.7 Å². The number of hydrogen-bond acceptors (Lipinski definition) is 4. The maximum atomic E-state index is 13.3. The van der Waals surface area contributed by atoms with Gasteiger partial charge in [-0.2, -0.15) is 0 Å². The average molecular weight is 379 g/mol. The highest BCUT2D eigenvalue weighted by Crippen LogP contribution is 2.22. The molecule has 0 aromatic heterocycles. The third-order valence-electron chi connectivity index (χ3n) is 3.70. The molecule has 1 atom stereocenters. The minimum Gasteiger partial charge on any atom is -0.484 e. The number of carbonyl (C=O) groups is 2. The number of carbonyl (C=O) groups excluding carboxylic acids is 2. The highest BCUT2D eigenvalue weighted by molar-refractivity contribution is 6.30. The second-order valence-electron chi connectivity index (χ2n) is 5.64. The van der Waals surface area contributed by atoms with Gasteiger partial charge in [-0.3, -0.25) is 9.69 Å². The lowest BCUT2D eigenvalue weighted by Crippen LogP contribution is -2.37. The molecule has 1 aliphatic heterocycles. The molecule has 0 spiro atoms. The lowest BCUT2D eigenvalue weighted by Gasteiger charge is -2.13. The summed E-state index contributed by atoms with van der Waals surface area (Å²) in [7, 11) is 0. The topological polar surface area (TPSA) is 67.9 Å². The maximum Gasteiger partial charge on any atom is 0.414 e. The van der Waals surface area contributed by atoms with Crippen molar-refractivity contribution in [1.29, 1.82) is 0 Å². The van der Waals surface area contributed by atoms with Crippen LogP contribution in [0.4, 0.5) is 14.9 Å². The minimum atomic E-state index is -0.577. The summed E-state index contributed by atoms with van der Waals surface area (Å²) in [6, 6.07) is 12.3. The van der Waals surface area contributed by atoms with Gasteiger partial charge in [0.2, 0.25) is 0 Å². The standard InChI is InChI=1S/C18H16ClFN2O4/c19-12-4-6-15(7-5-12)25-11-17(23)21-9-16-10-22(18(24)26-16)14-3-1-2-13(20)8-14/h1-8,16H,9-11H2,(H,21,23). The molecule has 0 bridgehead atoms. The van der Waals surface area contributed by atoms with E-state index in [0.29, 0.717) is 16.5 Å². The zero-order chi connectivity index (χ0) is 18.5. The number of halogens is 2. The third kappa shape index (κ3) is 4.64. The Hall–Kier alpha value is -2.80. The first-order valence-electron chi connectivity index (χ1n) is 7.90. The van der Waals surface area contributed by atoms with Crippen molar-refractivity contribution in [2.45, 2.75) is 6.10 Å². The monoisotopic (exact) mass is 378 g/mol. The van der Waals surface area contributed by atoms with Crippen molar-refractivity contribution in [2.24, 2.45) is 0 Å². The first kappa shape index (κ1) is 18.0. The molecular formula is C18H16ClFN2O4. The summed E-state index contributed by atoms with van der Waals surface area (Å²) in [6.45, 7) is 0.191. The molecule has 3 rings (SSSR count). The van der Waals surface area contributed by atoms with Gasteiger partial charge in [0.15, 0.2) is 6.61 Å². The lowest BCUT2D eigenvalue weighted by molar-refractivity contribution is -0.123. The Bertz CT molecular complexity index is 800. The van der Waals surface area contributed by atoms with E-state index in [9.17, 15) is 14.0 Å². The lowest BCUT2D eigenvalue weighted by atomic mass is 10.2. The minimum absolute atomic E-state index is 0.139. The van der Waals surface area contributed by atoms with Crippen LogP contribution in [-0.2, 0) is 9.53 Å². The largest absolute Gasteiger partial charge is 0.484 e. The van der Waals surface area contributed by atoms with Crippen molar-refractivity contribution in [2.75, 3.05) is 24.6 Å². The summed E-state index contributed by atoms with van der Waals surface area (Å²) in [5.41, 5.74) is 0.412. The number of ether oxygens (including phenoxy) is 2. The summed E-state index contributed by atoms with van der Waals surface area (Å²) in [5.74, 6) is -0.263. The molecule has 26 heavy (non-hydrogen) atoms. The first-order chi connectivity index (χ1) is 12.5. The van der Waals surface area contributed by atoms with Gasteiger partial charge in [-0.15, -0.1) is 0 Å². The Morgan fingerprint density at radius 1 is 1.31 bits per heavy atom. The molecule has 6 nitrogen and oxygen atoms in total. The van der Waals surface area contributed by atoms with Crippen LogP contribution in [0.2, 0.25) is 5.02 Å². The van der Waals surface area contributed by atoms with Crippen LogP contribution in [0.3, 0.4) is 0 Å². The fourth-order valence-corrected chi connectivity index (χ4v) is 2.57. The second kappa shape index (κ2) is 8.05. The van der Waals surface area contributed by atoms with E-state index in [0.717, 1.165) is 0 Å². The van der Waals surface area contributed by atoms with Gasteiger partial charge in [0.1, 0.15) is 17.7 Å². The number of amides is 2. The Balaban J connectivity index is 1.45. The summed E-state index contributed by atoms with van der Waals surface area (Å²) < 4.78 is 23.8. The molecular weight excluding hydrogens is 363 g/mol. The summed E-state index contributed by atoms with van der Waals surface area (Å²) in [5, 5.41) is 3.22. The number of nitrogens with zero attached hydrogens (tertiary/aromatic N) is 1. The molecule has 8 heteroatoms. The van der Waals surface area contributed by atoms with Crippen LogP contribution < -0.4 is 15.0 Å². The Labute approximate surface area is 154 Å². The number of hydrogen-bond donors (Lipinski definition) is 1. The average Bonchev–Trinajstić information content (AvgIpc) is 3.00. The van der Waals surface area contributed by atoms with Crippen molar-refractivity contribution in [3.8, 4) is 5.75 Å². The van der Waals surface area contributed by atoms with E-state index >= 15 is 0 Å². The van der Waals surface area contributed by atoms with Crippen molar-refractivity contribution in [3.63, 3.8) is 0 Å². The number of cyclic esters (lactones) is 1. The van der Waals surface area contributed by atoms with Crippen LogP contribution in [0.5, 0.6) is 5.75 Å². The summed E-state index contributed by atoms with van der Waals surface area (Å²) in [6.07, 6.45) is -1.10. The molecule has 2 aromatic rings. The summed E-state index contributed by atoms with van der Waals surface area (Å²) >= 11 is 5.77. The zero-order valence-corrected chi connectivity index (χ0v) is 14.4. The van der Waals surface area contributed by atoms with Gasteiger partial charge < -0.3 is 14.8 Å². The first-order valence-corrected chi connectivity index (χ1v) is 8.28. The molecule has 0 radical (unpaired) electrons. The molecule has 0 saturated carbocycles. The van der Waals surface area contributed by atoms with E-state index in [2.05, 4.69) is 5.32 Å². The van der Waals surface area contributed by atoms with Crippen molar-refractivity contribution in [1.82, 2.24) is 5.32 Å². The van der Waals surface area contributed by atoms with E-state index in [1.165, 1.54) is 23.1 Å². The summed E-state index contributed by atoms with van der Waals surface area (Å²) in [4.78, 5) is 25.1. The van der Waals surface area contributed by atoms with Gasteiger partial charge in [-0.25, -0.2) is 9.18 Å². The number of anilines is 1. The van der Waals surface area contributed by atoms with Gasteiger partial charge in [0.05, 0.1) is 18.8 Å². The third-order valence-corrected chi connectivity index (χ3v) is 3.96. The fraction of sp³-hybridized carbons (Fsp3) is 0.222. The highest BCUT2D eigenvalue weighted by atomic mass is 35.5. The Kier molecular flexibility index (Phi) is 5.58. The zero-order valence-electron chi connectivity index (χ0n) is 13.7. The van der Waals surface area contributed by atoms with Crippen LogP contribution in [0.1, 0.15) is 0 Å². The van der Waals surface area contributed by atoms with Crippen LogP contribution in [0, 0.1) is 5.82 Å². The maximum absolute atomic E-state index is 13.3. The van der Waals surface area contributed by atoms with Crippen molar-refractivity contribution < 1.29 is 23.5 Å². The highest BCUT2D eigenvalue weighted by Gasteiger charge is 2.32. The number of benzene rings is 2. The smallest absolute Gasteiger partial charge is 0.414 e. The molecule has 1 saturated heterocycles. The van der Waals surface area contributed by atoms with E-state index in [-0.39, 0.29) is 25.6 Å². The van der Waals surface area contributed by atoms with Crippen LogP contribution in [0.15, 0.2) is 48.5 Å². The van der Waals surface area contributed by atoms with Crippen LogP contribution in [-0.4, -0.2) is 37.8 Å².